The van der Waals surface area contributed by atoms with E-state index in [1.807, 2.05) is 0 Å². The highest BCUT2D eigenvalue weighted by Gasteiger charge is 2.35. The van der Waals surface area contributed by atoms with Gasteiger partial charge < -0.3 is 5.73 Å². The van der Waals surface area contributed by atoms with Gasteiger partial charge in [0, 0.05) is 13.1 Å². The zero-order chi connectivity index (χ0) is 12.1. The molecule has 1 saturated heterocycles. The van der Waals surface area contributed by atoms with Crippen LogP contribution in [0, 0.1) is 5.41 Å². The fraction of sp³-hybridized carbons (Fsp3) is 0.600. The molecule has 2 rings (SSSR count). The molecule has 0 spiro atoms. The van der Waals surface area contributed by atoms with E-state index >= 15 is 0 Å². The Bertz CT molecular complexity index is 336. The maximum Gasteiger partial charge on any atom is 0.0233 e. The fourth-order valence-electron chi connectivity index (χ4n) is 2.98. The number of hydrogen-bond acceptors (Lipinski definition) is 2. The second-order valence-corrected chi connectivity index (χ2v) is 5.34. The lowest BCUT2D eigenvalue weighted by atomic mass is 9.81. The molecule has 1 atom stereocenters. The molecule has 0 aliphatic carbocycles. The van der Waals surface area contributed by atoms with Gasteiger partial charge in [-0.05, 0) is 43.3 Å². The van der Waals surface area contributed by atoms with Crippen LogP contribution in [0.25, 0.3) is 0 Å². The minimum atomic E-state index is 0.490. The van der Waals surface area contributed by atoms with Crippen LogP contribution in [0.15, 0.2) is 30.3 Å². The van der Waals surface area contributed by atoms with Crippen LogP contribution < -0.4 is 5.73 Å². The van der Waals surface area contributed by atoms with E-state index in [-0.39, 0.29) is 0 Å². The zero-order valence-electron chi connectivity index (χ0n) is 10.9. The summed E-state index contributed by atoms with van der Waals surface area (Å²) in [4.78, 5) is 2.58. The summed E-state index contributed by atoms with van der Waals surface area (Å²) in [6, 6.07) is 10.8. The Morgan fingerprint density at radius 2 is 2.06 bits per heavy atom. The van der Waals surface area contributed by atoms with E-state index in [1.165, 1.54) is 37.9 Å². The largest absolute Gasteiger partial charge is 0.330 e. The molecule has 94 valence electrons. The van der Waals surface area contributed by atoms with E-state index in [0.29, 0.717) is 5.41 Å². The summed E-state index contributed by atoms with van der Waals surface area (Å²) in [5, 5.41) is 0. The van der Waals surface area contributed by atoms with Gasteiger partial charge in [-0.2, -0.15) is 0 Å². The Labute approximate surface area is 105 Å². The van der Waals surface area contributed by atoms with E-state index in [0.717, 1.165) is 13.1 Å². The number of nitrogens with zero attached hydrogens (tertiary/aromatic N) is 1. The second kappa shape index (κ2) is 5.65. The van der Waals surface area contributed by atoms with Gasteiger partial charge in [-0.3, -0.25) is 4.90 Å². The van der Waals surface area contributed by atoms with Crippen LogP contribution in [-0.4, -0.2) is 24.5 Å². The summed E-state index contributed by atoms with van der Waals surface area (Å²) in [5.74, 6) is 0. The molecule has 2 nitrogen and oxygen atoms in total. The molecule has 0 radical (unpaired) electrons. The molecule has 1 aromatic rings. The van der Waals surface area contributed by atoms with Crippen LogP contribution >= 0.6 is 0 Å². The summed E-state index contributed by atoms with van der Waals surface area (Å²) >= 11 is 0. The highest BCUT2D eigenvalue weighted by molar-refractivity contribution is 5.14. The predicted octanol–water partition coefficient (Wildman–Crippen LogP) is 2.64. The van der Waals surface area contributed by atoms with Crippen LogP contribution in [0.3, 0.4) is 0 Å². The van der Waals surface area contributed by atoms with Gasteiger partial charge in [0.2, 0.25) is 0 Å². The van der Waals surface area contributed by atoms with E-state index in [1.54, 1.807) is 0 Å². The minimum Gasteiger partial charge on any atom is -0.330 e. The Kier molecular flexibility index (Phi) is 4.19. The van der Waals surface area contributed by atoms with E-state index in [4.69, 9.17) is 5.73 Å². The number of hydrogen-bond donors (Lipinski definition) is 1. The van der Waals surface area contributed by atoms with Crippen molar-refractivity contribution in [2.75, 3.05) is 19.6 Å². The van der Waals surface area contributed by atoms with Crippen molar-refractivity contribution in [3.63, 3.8) is 0 Å². The smallest absolute Gasteiger partial charge is 0.0233 e. The fourth-order valence-corrected chi connectivity index (χ4v) is 2.98. The number of rotatable bonds is 5. The van der Waals surface area contributed by atoms with Gasteiger partial charge in [-0.1, -0.05) is 37.3 Å². The number of likely N-dealkylation sites (tertiary alicyclic amines) is 1. The maximum absolute atomic E-state index is 5.75. The predicted molar refractivity (Wildman–Crippen MR) is 72.7 cm³/mol. The molecule has 0 amide bonds. The van der Waals surface area contributed by atoms with Crippen molar-refractivity contribution in [2.45, 2.75) is 32.7 Å². The van der Waals surface area contributed by atoms with Crippen LogP contribution in [0.4, 0.5) is 0 Å². The van der Waals surface area contributed by atoms with Crippen molar-refractivity contribution in [3.05, 3.63) is 35.9 Å². The van der Waals surface area contributed by atoms with Gasteiger partial charge in [0.15, 0.2) is 0 Å². The third-order valence-corrected chi connectivity index (χ3v) is 4.19. The van der Waals surface area contributed by atoms with E-state index in [2.05, 4.69) is 42.2 Å². The first kappa shape index (κ1) is 12.6. The SMILES string of the molecule is CCC1(CCN)CCN(Cc2ccccc2)C1. The first-order chi connectivity index (χ1) is 8.28. The van der Waals surface area contributed by atoms with Crippen LogP contribution in [0.5, 0.6) is 0 Å². The molecule has 1 heterocycles. The molecule has 0 bridgehead atoms. The van der Waals surface area contributed by atoms with Crippen LogP contribution in [0.1, 0.15) is 31.7 Å². The molecule has 17 heavy (non-hydrogen) atoms. The first-order valence-electron chi connectivity index (χ1n) is 6.74. The van der Waals surface area contributed by atoms with Gasteiger partial charge >= 0.3 is 0 Å². The molecule has 2 heteroatoms. The molecule has 1 unspecified atom stereocenters. The lowest BCUT2D eigenvalue weighted by Gasteiger charge is -2.27. The highest BCUT2D eigenvalue weighted by Crippen LogP contribution is 2.37. The lowest BCUT2D eigenvalue weighted by molar-refractivity contribution is 0.232. The van der Waals surface area contributed by atoms with Gasteiger partial charge in [0.25, 0.3) is 0 Å². The summed E-state index contributed by atoms with van der Waals surface area (Å²) < 4.78 is 0. The quantitative estimate of drug-likeness (QED) is 0.845. The van der Waals surface area contributed by atoms with Crippen molar-refractivity contribution in [1.82, 2.24) is 4.90 Å². The minimum absolute atomic E-state index is 0.490. The molecule has 0 saturated carbocycles. The molecule has 1 fully saturated rings. The van der Waals surface area contributed by atoms with Crippen LogP contribution in [-0.2, 0) is 6.54 Å². The third kappa shape index (κ3) is 3.08. The first-order valence-corrected chi connectivity index (χ1v) is 6.74. The topological polar surface area (TPSA) is 29.3 Å². The average Bonchev–Trinajstić information content (AvgIpc) is 2.75. The van der Waals surface area contributed by atoms with E-state index < -0.39 is 0 Å². The zero-order valence-corrected chi connectivity index (χ0v) is 10.9. The van der Waals surface area contributed by atoms with Crippen molar-refractivity contribution >= 4 is 0 Å². The summed E-state index contributed by atoms with van der Waals surface area (Å²) in [6.07, 6.45) is 3.75. The molecule has 1 aliphatic rings. The Morgan fingerprint density at radius 1 is 1.29 bits per heavy atom. The molecular formula is C15H24N2. The molecule has 1 aromatic carbocycles. The maximum atomic E-state index is 5.75. The summed E-state index contributed by atoms with van der Waals surface area (Å²) in [6.45, 7) is 6.67. The van der Waals surface area contributed by atoms with Gasteiger partial charge in [0.1, 0.15) is 0 Å². The lowest BCUT2D eigenvalue weighted by Crippen LogP contribution is -2.28. The van der Waals surface area contributed by atoms with Gasteiger partial charge in [-0.15, -0.1) is 0 Å². The van der Waals surface area contributed by atoms with Crippen molar-refractivity contribution in [1.29, 1.82) is 0 Å². The number of nitrogens with two attached hydrogens (primary N) is 1. The van der Waals surface area contributed by atoms with Gasteiger partial charge in [-0.25, -0.2) is 0 Å². The van der Waals surface area contributed by atoms with Crippen LogP contribution in [0.2, 0.25) is 0 Å². The molecule has 1 aliphatic heterocycles. The normalized spacial score (nSPS) is 25.3. The monoisotopic (exact) mass is 232 g/mol. The molecular weight excluding hydrogens is 208 g/mol. The standard InChI is InChI=1S/C15H24N2/c1-2-15(8-10-16)9-11-17(13-15)12-14-6-4-3-5-7-14/h3-7H,2,8-13,16H2,1H3. The molecule has 0 aromatic heterocycles. The summed E-state index contributed by atoms with van der Waals surface area (Å²) in [5.41, 5.74) is 7.66. The van der Waals surface area contributed by atoms with Crippen molar-refractivity contribution < 1.29 is 0 Å². The van der Waals surface area contributed by atoms with E-state index in [9.17, 15) is 0 Å². The summed E-state index contributed by atoms with van der Waals surface area (Å²) in [7, 11) is 0. The van der Waals surface area contributed by atoms with Crippen molar-refractivity contribution in [3.8, 4) is 0 Å². The third-order valence-electron chi connectivity index (χ3n) is 4.19. The Hall–Kier alpha value is -0.860. The highest BCUT2D eigenvalue weighted by atomic mass is 15.2. The Morgan fingerprint density at radius 3 is 2.71 bits per heavy atom. The molecule has 2 N–H and O–H groups in total. The van der Waals surface area contributed by atoms with Gasteiger partial charge in [0.05, 0.1) is 0 Å². The average molecular weight is 232 g/mol. The number of benzene rings is 1. The Balaban J connectivity index is 1.93. The van der Waals surface area contributed by atoms with Crippen molar-refractivity contribution in [2.24, 2.45) is 11.1 Å². The second-order valence-electron chi connectivity index (χ2n) is 5.34.